The zero-order valence-corrected chi connectivity index (χ0v) is 6.64. The van der Waals surface area contributed by atoms with Crippen molar-refractivity contribution in [1.29, 1.82) is 0 Å². The molecule has 0 heterocycles. The quantitative estimate of drug-likeness (QED) is 0.292. The predicted octanol–water partition coefficient (Wildman–Crippen LogP) is -1.80. The zero-order valence-electron chi connectivity index (χ0n) is 2.92. The standard InChI is InChI=1S/C2HF2.ClH.Zn/c1-2(3)4;;/h1H;1H;/q-1;;+2/p-1. The second-order valence-electron chi connectivity index (χ2n) is 0.290. The van der Waals surface area contributed by atoms with Gasteiger partial charge < -0.3 is 19.0 Å². The van der Waals surface area contributed by atoms with Gasteiger partial charge in [-0.05, 0) is 0 Å². The molecule has 0 aromatic heterocycles. The maximum atomic E-state index is 10.0. The molecular formula is C2HClF2Zn. The average Bonchev–Trinajstić information content (AvgIpc) is 0.811. The first-order valence-corrected chi connectivity index (χ1v) is 0.667. The van der Waals surface area contributed by atoms with Crippen LogP contribution in [0.5, 0.6) is 0 Å². The minimum Gasteiger partial charge on any atom is -1.00 e. The summed E-state index contributed by atoms with van der Waals surface area (Å²) in [5, 5.41) is 0. The van der Waals surface area contributed by atoms with Crippen LogP contribution in [0.4, 0.5) is 8.78 Å². The second-order valence-corrected chi connectivity index (χ2v) is 0.290. The van der Waals surface area contributed by atoms with Gasteiger partial charge in [-0.25, -0.2) is 8.78 Å². The van der Waals surface area contributed by atoms with Gasteiger partial charge in [-0.15, -0.1) is 0 Å². The van der Waals surface area contributed by atoms with E-state index in [1.165, 1.54) is 0 Å². The van der Waals surface area contributed by atoms with Crippen molar-refractivity contribution in [3.63, 3.8) is 0 Å². The number of hydrogen-bond acceptors (Lipinski definition) is 0. The summed E-state index contributed by atoms with van der Waals surface area (Å²) in [4.78, 5) is 0. The Morgan fingerprint density at radius 1 is 1.33 bits per heavy atom. The van der Waals surface area contributed by atoms with E-state index in [0.29, 0.717) is 0 Å². The van der Waals surface area contributed by atoms with Gasteiger partial charge in [0, 0.05) is 0 Å². The Balaban J connectivity index is -0.0000000450. The van der Waals surface area contributed by atoms with Crippen LogP contribution in [0.1, 0.15) is 0 Å². The van der Waals surface area contributed by atoms with E-state index in [-0.39, 0.29) is 31.9 Å². The third-order valence-electron chi connectivity index (χ3n) is 0. The van der Waals surface area contributed by atoms with Crippen LogP contribution in [0.2, 0.25) is 0 Å². The first-order valence-electron chi connectivity index (χ1n) is 0.667. The number of hydrogen-bond donors (Lipinski definition) is 0. The normalized spacial score (nSPS) is 4.33. The fraction of sp³-hybridized carbons (Fsp3) is 0. The van der Waals surface area contributed by atoms with Crippen molar-refractivity contribution in [2.75, 3.05) is 0 Å². The summed E-state index contributed by atoms with van der Waals surface area (Å²) in [6.07, 6.45) is -2.08. The van der Waals surface area contributed by atoms with E-state index >= 15 is 0 Å². The molecule has 0 spiro atoms. The molecule has 0 saturated carbocycles. The average molecular weight is 164 g/mol. The van der Waals surface area contributed by atoms with Crippen LogP contribution in [0.25, 0.3) is 0 Å². The summed E-state index contributed by atoms with van der Waals surface area (Å²) in [7, 11) is 0. The molecule has 0 atom stereocenters. The smallest absolute Gasteiger partial charge is 1.00 e. The minimum atomic E-state index is -2.08. The van der Waals surface area contributed by atoms with Crippen LogP contribution in [-0.4, -0.2) is 0 Å². The predicted molar refractivity (Wildman–Crippen MR) is 10.0 cm³/mol. The van der Waals surface area contributed by atoms with Crippen molar-refractivity contribution in [3.8, 4) is 0 Å². The molecule has 0 N–H and O–H groups in total. The van der Waals surface area contributed by atoms with Gasteiger partial charge in [0.15, 0.2) is 0 Å². The van der Waals surface area contributed by atoms with Crippen LogP contribution in [0, 0.1) is 6.58 Å². The fourth-order valence-corrected chi connectivity index (χ4v) is 0. The first-order chi connectivity index (χ1) is 1.73. The summed E-state index contributed by atoms with van der Waals surface area (Å²) >= 11 is 0. The van der Waals surface area contributed by atoms with Crippen LogP contribution in [0.3, 0.4) is 0 Å². The summed E-state index contributed by atoms with van der Waals surface area (Å²) in [5.41, 5.74) is 0. The van der Waals surface area contributed by atoms with Crippen molar-refractivity contribution < 1.29 is 40.7 Å². The largest absolute Gasteiger partial charge is 2.00 e. The molecule has 4 heteroatoms. The van der Waals surface area contributed by atoms with E-state index in [1.54, 1.807) is 0 Å². The Bertz CT molecular complexity index is 34.5. The van der Waals surface area contributed by atoms with E-state index in [9.17, 15) is 8.78 Å². The van der Waals surface area contributed by atoms with Crippen LogP contribution >= 0.6 is 0 Å². The molecule has 0 bridgehead atoms. The van der Waals surface area contributed by atoms with E-state index in [1.807, 2.05) is 0 Å². The summed E-state index contributed by atoms with van der Waals surface area (Å²) in [6.45, 7) is 3.69. The third-order valence-corrected chi connectivity index (χ3v) is 0. The molecule has 0 nitrogen and oxygen atoms in total. The maximum absolute atomic E-state index is 10.0. The zero-order chi connectivity index (χ0) is 3.58. The monoisotopic (exact) mass is 162 g/mol. The Labute approximate surface area is 53.8 Å². The van der Waals surface area contributed by atoms with Gasteiger partial charge in [0.25, 0.3) is 0 Å². The van der Waals surface area contributed by atoms with Crippen molar-refractivity contribution in [3.05, 3.63) is 12.7 Å². The molecule has 0 unspecified atom stereocenters. The molecule has 32 valence electrons. The summed E-state index contributed by atoms with van der Waals surface area (Å²) < 4.78 is 20.1. The summed E-state index contributed by atoms with van der Waals surface area (Å²) in [5.74, 6) is 0. The Morgan fingerprint density at radius 2 is 1.33 bits per heavy atom. The number of rotatable bonds is 0. The van der Waals surface area contributed by atoms with E-state index in [4.69, 9.17) is 0 Å². The molecule has 0 aromatic carbocycles. The Morgan fingerprint density at radius 3 is 1.33 bits per heavy atom. The Kier molecular flexibility index (Phi) is 24.3. The molecule has 0 aromatic rings. The van der Waals surface area contributed by atoms with E-state index < -0.39 is 6.08 Å². The van der Waals surface area contributed by atoms with Gasteiger partial charge in [0.1, 0.15) is 0 Å². The fourth-order valence-electron chi connectivity index (χ4n) is 0. The summed E-state index contributed by atoms with van der Waals surface area (Å²) in [6, 6.07) is 0. The molecule has 6 heavy (non-hydrogen) atoms. The molecule has 0 rings (SSSR count). The second kappa shape index (κ2) is 9.10. The van der Waals surface area contributed by atoms with Crippen molar-refractivity contribution in [2.45, 2.75) is 0 Å². The Hall–Kier alpha value is 0.513. The van der Waals surface area contributed by atoms with Crippen molar-refractivity contribution >= 4 is 0 Å². The maximum Gasteiger partial charge on any atom is 2.00 e. The van der Waals surface area contributed by atoms with Crippen molar-refractivity contribution in [2.24, 2.45) is 0 Å². The van der Waals surface area contributed by atoms with Gasteiger partial charge >= 0.3 is 19.5 Å². The number of halogens is 3. The molecule has 0 radical (unpaired) electrons. The molecule has 0 aliphatic heterocycles. The van der Waals surface area contributed by atoms with Crippen LogP contribution in [0.15, 0.2) is 6.08 Å². The van der Waals surface area contributed by atoms with Gasteiger partial charge in [-0.2, -0.15) is 0 Å². The van der Waals surface area contributed by atoms with E-state index in [2.05, 4.69) is 6.58 Å². The molecular weight excluding hydrogens is 163 g/mol. The van der Waals surface area contributed by atoms with Gasteiger partial charge in [0.05, 0.1) is 6.08 Å². The topological polar surface area (TPSA) is 0 Å². The van der Waals surface area contributed by atoms with Gasteiger partial charge in [0.2, 0.25) is 0 Å². The first kappa shape index (κ1) is 16.0. The van der Waals surface area contributed by atoms with Crippen LogP contribution < -0.4 is 12.4 Å². The van der Waals surface area contributed by atoms with Crippen molar-refractivity contribution in [1.82, 2.24) is 0 Å². The van der Waals surface area contributed by atoms with Gasteiger partial charge in [-0.3, -0.25) is 0 Å². The van der Waals surface area contributed by atoms with Crippen LogP contribution in [-0.2, 0) is 19.5 Å². The molecule has 0 amide bonds. The minimum absolute atomic E-state index is 0. The SMILES string of the molecule is [CH-]=C(F)F.[Cl-].[Zn+2]. The molecule has 0 fully saturated rings. The molecule has 0 aliphatic rings. The molecule has 0 aliphatic carbocycles. The van der Waals surface area contributed by atoms with Gasteiger partial charge in [-0.1, -0.05) is 0 Å². The van der Waals surface area contributed by atoms with E-state index in [0.717, 1.165) is 0 Å². The third kappa shape index (κ3) is 211. The molecule has 0 saturated heterocycles.